The molecule has 2 nitrogen and oxygen atoms in total. The van der Waals surface area contributed by atoms with Crippen LogP contribution in [-0.2, 0) is 11.2 Å². The molecule has 2 heteroatoms. The summed E-state index contributed by atoms with van der Waals surface area (Å²) in [7, 11) is 0. The van der Waals surface area contributed by atoms with Gasteiger partial charge in [-0.15, -0.1) is 0 Å². The minimum Gasteiger partial charge on any atom is -0.351 e. The molecule has 0 aliphatic carbocycles. The minimum atomic E-state index is -0.189. The van der Waals surface area contributed by atoms with Crippen molar-refractivity contribution < 1.29 is 4.79 Å². The summed E-state index contributed by atoms with van der Waals surface area (Å²) < 4.78 is 0. The lowest BCUT2D eigenvalue weighted by Crippen LogP contribution is -2.43. The second kappa shape index (κ2) is 5.35. The van der Waals surface area contributed by atoms with Gasteiger partial charge in [-0.1, -0.05) is 38.1 Å². The van der Waals surface area contributed by atoms with Crippen LogP contribution < -0.4 is 5.32 Å². The predicted molar refractivity (Wildman–Crippen MR) is 72.1 cm³/mol. The van der Waals surface area contributed by atoms with Gasteiger partial charge in [0.1, 0.15) is 0 Å². The monoisotopic (exact) mass is 233 g/mol. The van der Waals surface area contributed by atoms with Crippen LogP contribution in [0.15, 0.2) is 24.3 Å². The van der Waals surface area contributed by atoms with Gasteiger partial charge in [0.05, 0.1) is 0 Å². The van der Waals surface area contributed by atoms with Gasteiger partial charge < -0.3 is 5.32 Å². The van der Waals surface area contributed by atoms with Crippen molar-refractivity contribution in [2.75, 3.05) is 0 Å². The van der Waals surface area contributed by atoms with Crippen LogP contribution in [0.5, 0.6) is 0 Å². The molecular weight excluding hydrogens is 210 g/mol. The highest BCUT2D eigenvalue weighted by molar-refractivity contribution is 5.73. The minimum absolute atomic E-state index is 0.0220. The van der Waals surface area contributed by atoms with Crippen LogP contribution in [0, 0.1) is 0 Å². The fourth-order valence-corrected chi connectivity index (χ4v) is 2.05. The summed E-state index contributed by atoms with van der Waals surface area (Å²) in [6.45, 7) is 10.0. The first-order valence-electron chi connectivity index (χ1n) is 6.18. The Labute approximate surface area is 104 Å². The molecule has 1 amide bonds. The molecule has 1 rings (SSSR count). The predicted octanol–water partition coefficient (Wildman–Crippen LogP) is 3.27. The molecule has 0 fully saturated rings. The first kappa shape index (κ1) is 13.8. The van der Waals surface area contributed by atoms with E-state index < -0.39 is 0 Å². The Morgan fingerprint density at radius 2 is 1.76 bits per heavy atom. The number of hydrogen-bond donors (Lipinski definition) is 1. The van der Waals surface area contributed by atoms with E-state index in [1.165, 1.54) is 11.1 Å². The SMILES string of the molecule is CC(=O)NC(C)(C)Cc1ccc(C(C)C)cc1. The average Bonchev–Trinajstić information content (AvgIpc) is 2.15. The van der Waals surface area contributed by atoms with Gasteiger partial charge in [-0.2, -0.15) is 0 Å². The van der Waals surface area contributed by atoms with Crippen LogP contribution in [0.2, 0.25) is 0 Å². The second-order valence-electron chi connectivity index (χ2n) is 5.64. The smallest absolute Gasteiger partial charge is 0.217 e. The Hall–Kier alpha value is -1.31. The van der Waals surface area contributed by atoms with E-state index in [0.29, 0.717) is 5.92 Å². The maximum absolute atomic E-state index is 11.1. The summed E-state index contributed by atoms with van der Waals surface area (Å²) in [5.41, 5.74) is 2.42. The third-order valence-corrected chi connectivity index (χ3v) is 2.81. The van der Waals surface area contributed by atoms with Gasteiger partial charge in [0, 0.05) is 12.5 Å². The van der Waals surface area contributed by atoms with Crippen LogP contribution in [0.1, 0.15) is 51.7 Å². The fraction of sp³-hybridized carbons (Fsp3) is 0.533. The second-order valence-corrected chi connectivity index (χ2v) is 5.64. The summed E-state index contributed by atoms with van der Waals surface area (Å²) >= 11 is 0. The number of benzene rings is 1. The molecule has 0 aliphatic heterocycles. The summed E-state index contributed by atoms with van der Waals surface area (Å²) in [5.74, 6) is 0.584. The third-order valence-electron chi connectivity index (χ3n) is 2.81. The number of rotatable bonds is 4. The molecule has 0 aliphatic rings. The fourth-order valence-electron chi connectivity index (χ4n) is 2.05. The molecule has 0 unspecified atom stereocenters. The molecule has 0 atom stereocenters. The Morgan fingerprint density at radius 1 is 1.24 bits per heavy atom. The van der Waals surface area contributed by atoms with E-state index in [0.717, 1.165) is 6.42 Å². The molecule has 0 saturated heterocycles. The highest BCUT2D eigenvalue weighted by Crippen LogP contribution is 2.18. The summed E-state index contributed by atoms with van der Waals surface area (Å²) in [6, 6.07) is 8.64. The highest BCUT2D eigenvalue weighted by atomic mass is 16.1. The van der Waals surface area contributed by atoms with E-state index >= 15 is 0 Å². The Bertz CT molecular complexity index is 376. The highest BCUT2D eigenvalue weighted by Gasteiger charge is 2.19. The number of nitrogens with one attached hydrogen (secondary N) is 1. The van der Waals surface area contributed by atoms with E-state index in [2.05, 4.69) is 43.4 Å². The maximum Gasteiger partial charge on any atom is 0.217 e. The largest absolute Gasteiger partial charge is 0.351 e. The quantitative estimate of drug-likeness (QED) is 0.849. The lowest BCUT2D eigenvalue weighted by atomic mass is 9.93. The Morgan fingerprint density at radius 3 is 2.18 bits per heavy atom. The van der Waals surface area contributed by atoms with Crippen molar-refractivity contribution in [3.63, 3.8) is 0 Å². The molecule has 94 valence electrons. The third kappa shape index (κ3) is 4.59. The molecule has 0 radical (unpaired) electrons. The first-order chi connectivity index (χ1) is 7.80. The Kier molecular flexibility index (Phi) is 4.33. The molecule has 0 bridgehead atoms. The number of hydrogen-bond acceptors (Lipinski definition) is 1. The number of carbonyl (C=O) groups is 1. The van der Waals surface area contributed by atoms with Crippen LogP contribution in [0.4, 0.5) is 0 Å². The zero-order chi connectivity index (χ0) is 13.1. The normalized spacial score (nSPS) is 11.6. The standard InChI is InChI=1S/C15H23NO/c1-11(2)14-8-6-13(7-9-14)10-15(4,5)16-12(3)17/h6-9,11H,10H2,1-5H3,(H,16,17). The van der Waals surface area contributed by atoms with Crippen molar-refractivity contribution in [2.24, 2.45) is 0 Å². The van der Waals surface area contributed by atoms with Gasteiger partial charge in [-0.3, -0.25) is 4.79 Å². The Balaban J connectivity index is 2.71. The van der Waals surface area contributed by atoms with Gasteiger partial charge in [0.25, 0.3) is 0 Å². The zero-order valence-electron chi connectivity index (χ0n) is 11.5. The number of carbonyl (C=O) groups excluding carboxylic acids is 1. The van der Waals surface area contributed by atoms with Crippen LogP contribution in [-0.4, -0.2) is 11.4 Å². The molecule has 0 aromatic heterocycles. The summed E-state index contributed by atoms with van der Waals surface area (Å²) in [4.78, 5) is 11.1. The van der Waals surface area contributed by atoms with E-state index in [-0.39, 0.29) is 11.4 Å². The van der Waals surface area contributed by atoms with E-state index in [9.17, 15) is 4.79 Å². The van der Waals surface area contributed by atoms with Crippen molar-refractivity contribution in [1.82, 2.24) is 5.32 Å². The van der Waals surface area contributed by atoms with Crippen LogP contribution in [0.3, 0.4) is 0 Å². The molecule has 1 N–H and O–H groups in total. The van der Waals surface area contributed by atoms with Gasteiger partial charge >= 0.3 is 0 Å². The molecule has 0 saturated carbocycles. The van der Waals surface area contributed by atoms with Gasteiger partial charge in [-0.25, -0.2) is 0 Å². The average molecular weight is 233 g/mol. The summed E-state index contributed by atoms with van der Waals surface area (Å²) in [5, 5.41) is 2.97. The molecule has 1 aromatic rings. The molecule has 0 spiro atoms. The maximum atomic E-state index is 11.1. The van der Waals surface area contributed by atoms with Gasteiger partial charge in [-0.05, 0) is 37.3 Å². The molecule has 0 heterocycles. The van der Waals surface area contributed by atoms with Crippen LogP contribution >= 0.6 is 0 Å². The first-order valence-corrected chi connectivity index (χ1v) is 6.18. The molecule has 17 heavy (non-hydrogen) atoms. The lowest BCUT2D eigenvalue weighted by Gasteiger charge is -2.25. The molecular formula is C15H23NO. The summed E-state index contributed by atoms with van der Waals surface area (Å²) in [6.07, 6.45) is 0.852. The van der Waals surface area contributed by atoms with Crippen molar-refractivity contribution in [3.05, 3.63) is 35.4 Å². The number of amides is 1. The lowest BCUT2D eigenvalue weighted by molar-refractivity contribution is -0.120. The van der Waals surface area contributed by atoms with Crippen LogP contribution in [0.25, 0.3) is 0 Å². The van der Waals surface area contributed by atoms with Crippen molar-refractivity contribution in [2.45, 2.75) is 52.5 Å². The van der Waals surface area contributed by atoms with Crippen molar-refractivity contribution >= 4 is 5.91 Å². The van der Waals surface area contributed by atoms with Crippen molar-refractivity contribution in [1.29, 1.82) is 0 Å². The van der Waals surface area contributed by atoms with E-state index in [4.69, 9.17) is 0 Å². The van der Waals surface area contributed by atoms with E-state index in [1.807, 2.05) is 13.8 Å². The van der Waals surface area contributed by atoms with Crippen molar-refractivity contribution in [3.8, 4) is 0 Å². The van der Waals surface area contributed by atoms with Gasteiger partial charge in [0.15, 0.2) is 0 Å². The van der Waals surface area contributed by atoms with E-state index in [1.54, 1.807) is 6.92 Å². The topological polar surface area (TPSA) is 29.1 Å². The zero-order valence-corrected chi connectivity index (χ0v) is 11.5. The molecule has 1 aromatic carbocycles. The van der Waals surface area contributed by atoms with Gasteiger partial charge in [0.2, 0.25) is 5.91 Å².